The van der Waals surface area contributed by atoms with E-state index in [-0.39, 0.29) is 18.0 Å². The third-order valence-electron chi connectivity index (χ3n) is 11.6. The van der Waals surface area contributed by atoms with Crippen molar-refractivity contribution in [1.29, 1.82) is 10.7 Å². The number of aromatic nitrogens is 3. The summed E-state index contributed by atoms with van der Waals surface area (Å²) < 4.78 is 12.4. The molecule has 3 aromatic rings. The van der Waals surface area contributed by atoms with Gasteiger partial charge >= 0.3 is 0 Å². The Labute approximate surface area is 285 Å². The van der Waals surface area contributed by atoms with Crippen molar-refractivity contribution < 1.29 is 14.4 Å². The maximum Gasteiger partial charge on any atom is 0.220 e. The van der Waals surface area contributed by atoms with E-state index in [0.717, 1.165) is 87.8 Å². The number of hydrogen-bond donors (Lipinski definition) is 4. The Kier molecular flexibility index (Phi) is 7.69. The molecular formula is C35H45N9O3S. The van der Waals surface area contributed by atoms with Gasteiger partial charge in [-0.2, -0.15) is 5.26 Å². The summed E-state index contributed by atoms with van der Waals surface area (Å²) in [5, 5.41) is 39.4. The molecule has 48 heavy (non-hydrogen) atoms. The van der Waals surface area contributed by atoms with Crippen molar-refractivity contribution in [3.8, 4) is 17.6 Å². The lowest BCUT2D eigenvalue weighted by molar-refractivity contribution is 0.0318. The molecule has 0 saturated carbocycles. The molecular weight excluding hydrogens is 627 g/mol. The van der Waals surface area contributed by atoms with Gasteiger partial charge in [-0.25, -0.2) is 9.97 Å². The Bertz CT molecular complexity index is 1810. The lowest BCUT2D eigenvalue weighted by Gasteiger charge is -2.42. The number of ether oxygens (including phenoxy) is 1. The highest BCUT2D eigenvalue weighted by Crippen LogP contribution is 2.55. The maximum absolute atomic E-state index is 11.2. The average molecular weight is 672 g/mol. The van der Waals surface area contributed by atoms with Gasteiger partial charge in [0.05, 0.1) is 22.6 Å². The second kappa shape index (κ2) is 11.7. The molecule has 12 nitrogen and oxygen atoms in total. The quantitative estimate of drug-likeness (QED) is 0.289. The van der Waals surface area contributed by atoms with E-state index < -0.39 is 11.0 Å². The van der Waals surface area contributed by atoms with Gasteiger partial charge in [0.2, 0.25) is 5.90 Å². The smallest absolute Gasteiger partial charge is 0.220 e. The Balaban J connectivity index is 1.28. The Hall–Kier alpha value is -3.73. The number of aryl methyl sites for hydroxylation is 1. The van der Waals surface area contributed by atoms with Gasteiger partial charge in [-0.05, 0) is 96.7 Å². The first-order valence-corrected chi connectivity index (χ1v) is 18.4. The van der Waals surface area contributed by atoms with Crippen molar-refractivity contribution in [2.24, 2.45) is 0 Å². The van der Waals surface area contributed by atoms with Crippen molar-refractivity contribution >= 4 is 33.9 Å². The first-order valence-electron chi connectivity index (χ1n) is 17.6. The molecule has 5 atom stereocenters. The fourth-order valence-electron chi connectivity index (χ4n) is 9.30. The summed E-state index contributed by atoms with van der Waals surface area (Å²) in [5.74, 6) is 2.40. The van der Waals surface area contributed by atoms with E-state index in [1.807, 2.05) is 6.92 Å². The number of hydrogen-bond acceptors (Lipinski definition) is 13. The fraction of sp³-hybridized carbons (Fsp3) is 0.629. The number of aliphatic hydroxyl groups is 1. The van der Waals surface area contributed by atoms with Crippen LogP contribution in [0.5, 0.6) is 0 Å². The molecule has 8 rings (SSSR count). The summed E-state index contributed by atoms with van der Waals surface area (Å²) in [4.78, 5) is 16.1. The number of thiophene rings is 1. The molecule has 5 unspecified atom stereocenters. The average Bonchev–Trinajstić information content (AvgIpc) is 3.79. The SMILES string of the molecule is CCN1CCCC1C(C)Nc1nc(-c2noc3c2CCCC32CCCc3sc(N)c(C#N)c32)nc2c1C(=N)OCC1CCC(C)(O)CN21. The van der Waals surface area contributed by atoms with Gasteiger partial charge in [0.15, 0.2) is 17.3 Å². The zero-order valence-electron chi connectivity index (χ0n) is 28.1. The molecule has 13 heteroatoms. The highest BCUT2D eigenvalue weighted by molar-refractivity contribution is 7.16. The van der Waals surface area contributed by atoms with Crippen LogP contribution in [0.3, 0.4) is 0 Å². The molecule has 0 bridgehead atoms. The molecule has 254 valence electrons. The van der Waals surface area contributed by atoms with Crippen LogP contribution in [0.1, 0.15) is 105 Å². The van der Waals surface area contributed by atoms with Crippen LogP contribution in [0.25, 0.3) is 11.5 Å². The highest BCUT2D eigenvalue weighted by atomic mass is 32.1. The number of likely N-dealkylation sites (tertiary alicyclic amines) is 1. The van der Waals surface area contributed by atoms with Crippen molar-refractivity contribution in [2.45, 2.75) is 114 Å². The predicted molar refractivity (Wildman–Crippen MR) is 185 cm³/mol. The van der Waals surface area contributed by atoms with Crippen LogP contribution in [0.15, 0.2) is 4.52 Å². The van der Waals surface area contributed by atoms with Crippen molar-refractivity contribution in [3.05, 3.63) is 32.9 Å². The summed E-state index contributed by atoms with van der Waals surface area (Å²) in [6.45, 7) is 9.01. The van der Waals surface area contributed by atoms with E-state index in [0.29, 0.717) is 64.9 Å². The standard InChI is InChI=1S/C35H45N9O3S/c1-4-43-15-7-9-23(43)19(2)39-31-25-29(37)46-17-20-11-14-34(3,45)18-44(20)33(25)41-32(40-31)27-21-8-5-12-35(28(21)47-42-27)13-6-10-24-26(35)22(16-36)30(38)48-24/h19-20,23,37,45H,4-15,17-18,38H2,1-3H3,(H,39,40,41). The number of rotatable bonds is 5. The number of nitriles is 1. The van der Waals surface area contributed by atoms with Crippen LogP contribution in [0.4, 0.5) is 16.6 Å². The minimum absolute atomic E-state index is 0.0335. The highest BCUT2D eigenvalue weighted by Gasteiger charge is 2.49. The molecule has 2 fully saturated rings. The number of nitrogens with one attached hydrogen (secondary N) is 2. The topological polar surface area (TPSA) is 173 Å². The summed E-state index contributed by atoms with van der Waals surface area (Å²) >= 11 is 1.53. The van der Waals surface area contributed by atoms with Gasteiger partial charge in [-0.15, -0.1) is 11.3 Å². The van der Waals surface area contributed by atoms with Crippen molar-refractivity contribution in [1.82, 2.24) is 20.0 Å². The zero-order valence-corrected chi connectivity index (χ0v) is 28.9. The molecule has 3 aliphatic heterocycles. The number of nitrogens with zero attached hydrogens (tertiary/aromatic N) is 6. The van der Waals surface area contributed by atoms with Gasteiger partial charge in [0.1, 0.15) is 34.9 Å². The summed E-state index contributed by atoms with van der Waals surface area (Å²) in [5.41, 5.74) is 8.74. The van der Waals surface area contributed by atoms with Gasteiger partial charge in [0, 0.05) is 29.1 Å². The van der Waals surface area contributed by atoms with Crippen LogP contribution in [0.2, 0.25) is 0 Å². The molecule has 0 aromatic carbocycles. The Morgan fingerprint density at radius 3 is 2.81 bits per heavy atom. The van der Waals surface area contributed by atoms with Gasteiger partial charge in [-0.1, -0.05) is 12.1 Å². The normalized spacial score (nSPS) is 28.9. The molecule has 6 heterocycles. The number of anilines is 3. The van der Waals surface area contributed by atoms with E-state index >= 15 is 0 Å². The number of likely N-dealkylation sites (N-methyl/N-ethyl adjacent to an activating group) is 1. The second-order valence-corrected chi connectivity index (χ2v) is 15.8. The molecule has 1 spiro atoms. The third-order valence-corrected chi connectivity index (χ3v) is 12.7. The number of fused-ring (bicyclic) bond motifs is 7. The molecule has 5 N–H and O–H groups in total. The van der Waals surface area contributed by atoms with Crippen LogP contribution >= 0.6 is 11.3 Å². The monoisotopic (exact) mass is 671 g/mol. The van der Waals surface area contributed by atoms with Gasteiger partial charge < -0.3 is 30.3 Å². The van der Waals surface area contributed by atoms with Crippen LogP contribution in [-0.4, -0.2) is 81.0 Å². The van der Waals surface area contributed by atoms with E-state index in [1.54, 1.807) is 0 Å². The Morgan fingerprint density at radius 1 is 1.21 bits per heavy atom. The predicted octanol–water partition coefficient (Wildman–Crippen LogP) is 4.97. The van der Waals surface area contributed by atoms with E-state index in [2.05, 4.69) is 35.0 Å². The number of nitrogens with two attached hydrogens (primary N) is 1. The molecule has 2 aliphatic carbocycles. The van der Waals surface area contributed by atoms with E-state index in [1.165, 1.54) is 16.2 Å². The van der Waals surface area contributed by atoms with E-state index in [9.17, 15) is 10.4 Å². The Morgan fingerprint density at radius 2 is 2.02 bits per heavy atom. The third kappa shape index (κ3) is 4.90. The van der Waals surface area contributed by atoms with Crippen molar-refractivity contribution in [2.75, 3.05) is 42.2 Å². The minimum atomic E-state index is -0.906. The van der Waals surface area contributed by atoms with Crippen LogP contribution in [0, 0.1) is 16.7 Å². The van der Waals surface area contributed by atoms with Crippen LogP contribution in [-0.2, 0) is 23.0 Å². The van der Waals surface area contributed by atoms with Crippen LogP contribution < -0.4 is 16.0 Å². The van der Waals surface area contributed by atoms with Gasteiger partial charge in [-0.3, -0.25) is 10.3 Å². The molecule has 0 amide bonds. The van der Waals surface area contributed by atoms with Crippen molar-refractivity contribution in [3.63, 3.8) is 0 Å². The zero-order chi connectivity index (χ0) is 33.4. The minimum Gasteiger partial charge on any atom is -0.475 e. The first-order chi connectivity index (χ1) is 23.1. The molecule has 0 radical (unpaired) electrons. The lowest BCUT2D eigenvalue weighted by atomic mass is 9.63. The molecule has 2 saturated heterocycles. The fourth-order valence-corrected chi connectivity index (χ4v) is 10.5. The summed E-state index contributed by atoms with van der Waals surface area (Å²) in [7, 11) is 0. The molecule has 5 aliphatic rings. The maximum atomic E-state index is 11.2. The lowest BCUT2D eigenvalue weighted by Crippen LogP contribution is -2.53. The largest absolute Gasteiger partial charge is 0.475 e. The number of piperidine rings is 1. The first kappa shape index (κ1) is 31.5. The number of nitrogen functional groups attached to an aromatic ring is 1. The van der Waals surface area contributed by atoms with E-state index in [4.69, 9.17) is 35.5 Å². The second-order valence-electron chi connectivity index (χ2n) is 14.7. The van der Waals surface area contributed by atoms with Gasteiger partial charge in [0.25, 0.3) is 0 Å². The summed E-state index contributed by atoms with van der Waals surface area (Å²) in [6.07, 6.45) is 8.93. The summed E-state index contributed by atoms with van der Waals surface area (Å²) in [6, 6.07) is 2.76. The molecule has 3 aromatic heterocycles.